The molecule has 1 fully saturated rings. The number of amides is 1. The lowest BCUT2D eigenvalue weighted by Crippen LogP contribution is -2.39. The summed E-state index contributed by atoms with van der Waals surface area (Å²) >= 11 is 0. The molecule has 0 bridgehead atoms. The minimum atomic E-state index is -0.498. The van der Waals surface area contributed by atoms with Crippen molar-refractivity contribution in [1.29, 1.82) is 0 Å². The molecule has 0 spiro atoms. The van der Waals surface area contributed by atoms with E-state index in [1.165, 1.54) is 45.4 Å². The number of esters is 1. The average Bonchev–Trinajstić information content (AvgIpc) is 3.31. The van der Waals surface area contributed by atoms with Gasteiger partial charge in [0, 0.05) is 17.8 Å². The Bertz CT molecular complexity index is 955. The molecular weight excluding hydrogens is 454 g/mol. The molecule has 2 N–H and O–H groups in total. The molecule has 6 nitrogen and oxygen atoms in total. The largest absolute Gasteiger partial charge is 0.426 e. The Morgan fingerprint density at radius 3 is 2.22 bits per heavy atom. The molecule has 0 aromatic heterocycles. The summed E-state index contributed by atoms with van der Waals surface area (Å²) in [5.41, 5.74) is 1.70. The molecule has 36 heavy (non-hydrogen) atoms. The summed E-state index contributed by atoms with van der Waals surface area (Å²) in [7, 11) is 0. The second kappa shape index (κ2) is 12.4. The van der Waals surface area contributed by atoms with Gasteiger partial charge < -0.3 is 15.2 Å². The van der Waals surface area contributed by atoms with Crippen molar-refractivity contribution >= 4 is 17.7 Å². The smallest absolute Gasteiger partial charge is 0.311 e. The minimum Gasteiger partial charge on any atom is -0.426 e. The lowest BCUT2D eigenvalue weighted by Gasteiger charge is -2.35. The number of carbonyl (C=O) groups is 3. The molecule has 1 aromatic rings. The third-order valence-corrected chi connectivity index (χ3v) is 8.62. The van der Waals surface area contributed by atoms with Gasteiger partial charge in [0.05, 0.1) is 24.1 Å². The maximum absolute atomic E-state index is 13.0. The van der Waals surface area contributed by atoms with Crippen molar-refractivity contribution in [1.82, 2.24) is 5.32 Å². The summed E-state index contributed by atoms with van der Waals surface area (Å²) < 4.78 is 5.77. The number of ether oxygens (including phenoxy) is 1. The fourth-order valence-electron chi connectivity index (χ4n) is 6.25. The number of Topliss-reactive ketones (excluding diaryl/α,β-unsaturated/α-hetero) is 1. The highest BCUT2D eigenvalue weighted by Crippen LogP contribution is 2.58. The fourth-order valence-corrected chi connectivity index (χ4v) is 6.25. The van der Waals surface area contributed by atoms with Crippen molar-refractivity contribution in [3.05, 3.63) is 28.8 Å². The van der Waals surface area contributed by atoms with Crippen LogP contribution in [0.15, 0.2) is 12.1 Å². The number of carbonyl (C=O) groups excluding carboxylic acids is 3. The van der Waals surface area contributed by atoms with Gasteiger partial charge in [0.2, 0.25) is 5.91 Å². The minimum absolute atomic E-state index is 0.0697. The van der Waals surface area contributed by atoms with Crippen molar-refractivity contribution < 1.29 is 24.2 Å². The van der Waals surface area contributed by atoms with Gasteiger partial charge in [-0.25, -0.2) is 0 Å². The SMILES string of the molecule is CCCCCCCCCCCC(=O)Oc1cc2c(cc1C(C)=O)[C@@H]1[C@@H](CO)NC(=O)[C@@H]1[C@]2(C)C(C)C. The zero-order valence-corrected chi connectivity index (χ0v) is 22.8. The molecule has 6 heteroatoms. The topological polar surface area (TPSA) is 92.7 Å². The number of aliphatic hydroxyl groups is 1. The van der Waals surface area contributed by atoms with E-state index in [1.54, 1.807) is 6.07 Å². The van der Waals surface area contributed by atoms with Crippen LogP contribution in [0.25, 0.3) is 0 Å². The molecule has 1 aromatic carbocycles. The van der Waals surface area contributed by atoms with Crippen LogP contribution in [0.1, 0.15) is 126 Å². The van der Waals surface area contributed by atoms with E-state index in [0.717, 1.165) is 30.4 Å². The predicted molar refractivity (Wildman–Crippen MR) is 141 cm³/mol. The molecule has 1 aliphatic heterocycles. The van der Waals surface area contributed by atoms with Crippen LogP contribution in [0.5, 0.6) is 5.75 Å². The summed E-state index contributed by atoms with van der Waals surface area (Å²) in [4.78, 5) is 38.2. The number of hydrogen-bond donors (Lipinski definition) is 2. The third-order valence-electron chi connectivity index (χ3n) is 8.62. The first-order valence-electron chi connectivity index (χ1n) is 14.0. The van der Waals surface area contributed by atoms with E-state index in [4.69, 9.17) is 4.74 Å². The highest BCUT2D eigenvalue weighted by molar-refractivity contribution is 5.98. The Morgan fingerprint density at radius 2 is 1.67 bits per heavy atom. The quantitative estimate of drug-likeness (QED) is 0.145. The van der Waals surface area contributed by atoms with E-state index in [-0.39, 0.29) is 53.8 Å². The van der Waals surface area contributed by atoms with Gasteiger partial charge in [-0.2, -0.15) is 0 Å². The molecule has 0 radical (unpaired) electrons. The van der Waals surface area contributed by atoms with Crippen molar-refractivity contribution in [3.63, 3.8) is 0 Å². The van der Waals surface area contributed by atoms with E-state index in [1.807, 2.05) is 6.07 Å². The first kappa shape index (κ1) is 28.4. The molecule has 3 rings (SSSR count). The number of benzene rings is 1. The van der Waals surface area contributed by atoms with Gasteiger partial charge in [-0.15, -0.1) is 0 Å². The van der Waals surface area contributed by atoms with Crippen molar-refractivity contribution in [2.24, 2.45) is 11.8 Å². The van der Waals surface area contributed by atoms with Gasteiger partial charge in [0.15, 0.2) is 5.78 Å². The van der Waals surface area contributed by atoms with E-state index in [2.05, 4.69) is 33.0 Å². The van der Waals surface area contributed by atoms with Crippen LogP contribution in [0.3, 0.4) is 0 Å². The summed E-state index contributed by atoms with van der Waals surface area (Å²) in [6.07, 6.45) is 10.9. The molecule has 0 saturated carbocycles. The third kappa shape index (κ3) is 5.69. The lowest BCUT2D eigenvalue weighted by atomic mass is 9.67. The van der Waals surface area contributed by atoms with Gasteiger partial charge >= 0.3 is 5.97 Å². The normalized spacial score (nSPS) is 24.5. The van der Waals surface area contributed by atoms with Crippen LogP contribution >= 0.6 is 0 Å². The summed E-state index contributed by atoms with van der Waals surface area (Å²) in [6, 6.07) is 3.23. The highest BCUT2D eigenvalue weighted by atomic mass is 16.5. The second-order valence-corrected chi connectivity index (χ2v) is 11.3. The number of fused-ring (bicyclic) bond motifs is 3. The van der Waals surface area contributed by atoms with E-state index < -0.39 is 5.41 Å². The fraction of sp³-hybridized carbons (Fsp3) is 0.700. The Labute approximate surface area is 216 Å². The molecule has 1 heterocycles. The Balaban J connectivity index is 1.72. The van der Waals surface area contributed by atoms with Crippen LogP contribution in [0.4, 0.5) is 0 Å². The van der Waals surface area contributed by atoms with Gasteiger partial charge in [-0.3, -0.25) is 14.4 Å². The van der Waals surface area contributed by atoms with Crippen LogP contribution in [0, 0.1) is 11.8 Å². The van der Waals surface area contributed by atoms with Crippen LogP contribution < -0.4 is 10.1 Å². The van der Waals surface area contributed by atoms with Crippen LogP contribution in [-0.4, -0.2) is 35.4 Å². The zero-order valence-electron chi connectivity index (χ0n) is 22.8. The molecular formula is C30H45NO5. The number of aliphatic hydroxyl groups excluding tert-OH is 1. The van der Waals surface area contributed by atoms with E-state index in [0.29, 0.717) is 12.0 Å². The Hall–Kier alpha value is -2.21. The maximum atomic E-state index is 13.0. The van der Waals surface area contributed by atoms with E-state index in [9.17, 15) is 19.5 Å². The van der Waals surface area contributed by atoms with Crippen molar-refractivity contribution in [2.45, 2.75) is 116 Å². The molecule has 2 aliphatic rings. The average molecular weight is 500 g/mol. The highest BCUT2D eigenvalue weighted by Gasteiger charge is 2.60. The van der Waals surface area contributed by atoms with Crippen molar-refractivity contribution in [2.75, 3.05) is 6.61 Å². The van der Waals surface area contributed by atoms with Gasteiger partial charge in [0.25, 0.3) is 0 Å². The molecule has 1 saturated heterocycles. The van der Waals surface area contributed by atoms with Crippen LogP contribution in [-0.2, 0) is 15.0 Å². The van der Waals surface area contributed by atoms with E-state index >= 15 is 0 Å². The summed E-state index contributed by atoms with van der Waals surface area (Å²) in [6.45, 7) is 9.77. The molecule has 4 atom stereocenters. The molecule has 1 aliphatic carbocycles. The summed E-state index contributed by atoms with van der Waals surface area (Å²) in [5.74, 6) is -0.711. The van der Waals surface area contributed by atoms with Gasteiger partial charge in [0.1, 0.15) is 5.75 Å². The molecule has 1 amide bonds. The molecule has 0 unspecified atom stereocenters. The Morgan fingerprint density at radius 1 is 1.06 bits per heavy atom. The van der Waals surface area contributed by atoms with Gasteiger partial charge in [-0.05, 0) is 42.5 Å². The number of ketones is 1. The number of rotatable bonds is 14. The standard InChI is InChI=1S/C30H45NO5/c1-6-7-8-9-10-11-12-13-14-15-26(34)36-25-17-23-22(16-21(25)20(4)33)27-24(18-32)31-29(35)28(27)30(23,5)19(2)3/h16-17,19,24,27-28,32H,6-15,18H2,1-5H3,(H,31,35)/t24-,27-,28-,30-/m1/s1. The Kier molecular flexibility index (Phi) is 9.73. The van der Waals surface area contributed by atoms with Crippen molar-refractivity contribution in [3.8, 4) is 5.75 Å². The number of hydrogen-bond acceptors (Lipinski definition) is 5. The molecule has 200 valence electrons. The predicted octanol–water partition coefficient (Wildman–Crippen LogP) is 5.83. The number of nitrogens with one attached hydrogen (secondary N) is 1. The second-order valence-electron chi connectivity index (χ2n) is 11.3. The first-order chi connectivity index (χ1) is 17.2. The summed E-state index contributed by atoms with van der Waals surface area (Å²) in [5, 5.41) is 12.9. The zero-order chi connectivity index (χ0) is 26.5. The van der Waals surface area contributed by atoms with Gasteiger partial charge in [-0.1, -0.05) is 79.1 Å². The van der Waals surface area contributed by atoms with Crippen LogP contribution in [0.2, 0.25) is 0 Å². The first-order valence-corrected chi connectivity index (χ1v) is 14.0. The number of unbranched alkanes of at least 4 members (excludes halogenated alkanes) is 8. The maximum Gasteiger partial charge on any atom is 0.311 e. The lowest BCUT2D eigenvalue weighted by molar-refractivity contribution is -0.134. The monoisotopic (exact) mass is 499 g/mol.